The lowest BCUT2D eigenvalue weighted by molar-refractivity contribution is 0.0612. The van der Waals surface area contributed by atoms with Crippen LogP contribution in [0.1, 0.15) is 36.0 Å². The first-order chi connectivity index (χ1) is 11.1. The summed E-state index contributed by atoms with van der Waals surface area (Å²) in [5, 5.41) is 3.29. The van der Waals surface area contributed by atoms with Crippen LogP contribution in [0.25, 0.3) is 0 Å². The molecule has 6 nitrogen and oxygen atoms in total. The number of hydrogen-bond acceptors (Lipinski definition) is 4. The van der Waals surface area contributed by atoms with Crippen LogP contribution in [0.3, 0.4) is 0 Å². The number of rotatable bonds is 4. The summed E-state index contributed by atoms with van der Waals surface area (Å²) in [6.45, 7) is 3.74. The molecular weight excluding hydrogens is 318 g/mol. The van der Waals surface area contributed by atoms with Crippen molar-refractivity contribution < 1.29 is 9.53 Å². The van der Waals surface area contributed by atoms with Crippen LogP contribution in [-0.2, 0) is 4.74 Å². The highest BCUT2D eigenvalue weighted by molar-refractivity contribution is 6.30. The van der Waals surface area contributed by atoms with Gasteiger partial charge in [0.1, 0.15) is 5.56 Å². The Bertz CT molecular complexity index is 605. The number of likely N-dealkylation sites (tertiary alicyclic amines) is 1. The van der Waals surface area contributed by atoms with E-state index in [2.05, 4.69) is 15.2 Å². The van der Waals surface area contributed by atoms with E-state index in [4.69, 9.17) is 16.3 Å². The summed E-state index contributed by atoms with van der Waals surface area (Å²) in [6.07, 6.45) is 5.82. The van der Waals surface area contributed by atoms with Crippen molar-refractivity contribution in [1.29, 1.82) is 0 Å². The number of piperidine rings is 1. The van der Waals surface area contributed by atoms with E-state index >= 15 is 0 Å². The molecule has 2 N–H and O–H groups in total. The van der Waals surface area contributed by atoms with Crippen LogP contribution in [0.5, 0.6) is 0 Å². The van der Waals surface area contributed by atoms with E-state index in [0.29, 0.717) is 11.1 Å². The first kappa shape index (κ1) is 16.5. The van der Waals surface area contributed by atoms with Crippen LogP contribution in [0.15, 0.2) is 17.1 Å². The van der Waals surface area contributed by atoms with E-state index in [1.165, 1.54) is 12.3 Å². The third-order valence-corrected chi connectivity index (χ3v) is 4.74. The number of aromatic nitrogens is 1. The number of H-pyrrole nitrogens is 1. The first-order valence-electron chi connectivity index (χ1n) is 8.15. The van der Waals surface area contributed by atoms with Crippen molar-refractivity contribution in [2.75, 3.05) is 26.2 Å². The molecule has 7 heteroatoms. The molecule has 23 heavy (non-hydrogen) atoms. The van der Waals surface area contributed by atoms with Crippen LogP contribution in [-0.4, -0.2) is 54.2 Å². The number of amides is 1. The first-order valence-corrected chi connectivity index (χ1v) is 8.52. The van der Waals surface area contributed by atoms with Crippen molar-refractivity contribution in [3.05, 3.63) is 33.2 Å². The normalized spacial score (nSPS) is 23.1. The Morgan fingerprint density at radius 1 is 1.39 bits per heavy atom. The van der Waals surface area contributed by atoms with Gasteiger partial charge in [0.2, 0.25) is 0 Å². The van der Waals surface area contributed by atoms with E-state index in [0.717, 1.165) is 51.9 Å². The quantitative estimate of drug-likeness (QED) is 0.869. The molecule has 0 saturated carbocycles. The average molecular weight is 340 g/mol. The maximum Gasteiger partial charge on any atom is 0.260 e. The maximum atomic E-state index is 12.2. The van der Waals surface area contributed by atoms with Gasteiger partial charge in [-0.2, -0.15) is 0 Å². The molecule has 0 aromatic carbocycles. The van der Waals surface area contributed by atoms with E-state index in [1.54, 1.807) is 0 Å². The molecule has 1 aromatic heterocycles. The molecule has 2 fully saturated rings. The van der Waals surface area contributed by atoms with Gasteiger partial charge in [-0.15, -0.1) is 0 Å². The van der Waals surface area contributed by atoms with Crippen LogP contribution in [0.4, 0.5) is 0 Å². The Morgan fingerprint density at radius 2 is 2.17 bits per heavy atom. The zero-order chi connectivity index (χ0) is 16.2. The predicted octanol–water partition coefficient (Wildman–Crippen LogP) is 1.40. The SMILES string of the molecule is O=C(NC1CCN(C[C@@H]2CCCO2)CC1)c1cc(Cl)c[nH]c1=O. The van der Waals surface area contributed by atoms with Crippen molar-refractivity contribution in [2.45, 2.75) is 37.8 Å². The van der Waals surface area contributed by atoms with E-state index in [-0.39, 0.29) is 17.5 Å². The van der Waals surface area contributed by atoms with Gasteiger partial charge in [0, 0.05) is 38.5 Å². The standard InChI is InChI=1S/C16H22ClN3O3/c17-11-8-14(15(21)18-9-11)16(22)19-12-3-5-20(6-4-12)10-13-2-1-7-23-13/h8-9,12-13H,1-7,10H2,(H,18,21)(H,19,22)/t13-/m0/s1. The molecule has 2 saturated heterocycles. The Kier molecular flexibility index (Phi) is 5.35. The Labute approximate surface area is 140 Å². The second kappa shape index (κ2) is 7.47. The lowest BCUT2D eigenvalue weighted by atomic mass is 10.0. The molecule has 1 aromatic rings. The van der Waals surface area contributed by atoms with Crippen LogP contribution >= 0.6 is 11.6 Å². The summed E-state index contributed by atoms with van der Waals surface area (Å²) in [7, 11) is 0. The Morgan fingerprint density at radius 3 is 2.87 bits per heavy atom. The summed E-state index contributed by atoms with van der Waals surface area (Å²) >= 11 is 5.84. The van der Waals surface area contributed by atoms with Crippen LogP contribution < -0.4 is 10.9 Å². The number of aromatic amines is 1. The smallest absolute Gasteiger partial charge is 0.260 e. The molecule has 3 rings (SSSR count). The van der Waals surface area contributed by atoms with Crippen molar-refractivity contribution >= 4 is 17.5 Å². The predicted molar refractivity (Wildman–Crippen MR) is 88.0 cm³/mol. The fourth-order valence-electron chi connectivity index (χ4n) is 3.23. The van der Waals surface area contributed by atoms with Gasteiger partial charge in [-0.1, -0.05) is 11.6 Å². The molecule has 126 valence electrons. The van der Waals surface area contributed by atoms with Gasteiger partial charge in [0.15, 0.2) is 0 Å². The molecule has 0 unspecified atom stereocenters. The minimum atomic E-state index is -0.414. The Hall–Kier alpha value is -1.37. The topological polar surface area (TPSA) is 74.4 Å². The lowest BCUT2D eigenvalue weighted by Crippen LogP contribution is -2.47. The molecule has 1 amide bonds. The lowest BCUT2D eigenvalue weighted by Gasteiger charge is -2.33. The van der Waals surface area contributed by atoms with Crippen LogP contribution in [0.2, 0.25) is 5.02 Å². The highest BCUT2D eigenvalue weighted by Crippen LogP contribution is 2.17. The number of nitrogens with one attached hydrogen (secondary N) is 2. The third kappa shape index (κ3) is 4.34. The monoisotopic (exact) mass is 339 g/mol. The minimum Gasteiger partial charge on any atom is -0.377 e. The number of halogens is 1. The second-order valence-corrected chi connectivity index (χ2v) is 6.68. The number of pyridine rings is 1. The molecule has 0 bridgehead atoms. The summed E-state index contributed by atoms with van der Waals surface area (Å²) in [6, 6.07) is 1.50. The van der Waals surface area contributed by atoms with Gasteiger partial charge in [0.25, 0.3) is 11.5 Å². The molecule has 0 spiro atoms. The highest BCUT2D eigenvalue weighted by atomic mass is 35.5. The van der Waals surface area contributed by atoms with Gasteiger partial charge in [0.05, 0.1) is 11.1 Å². The summed E-state index contributed by atoms with van der Waals surface area (Å²) in [4.78, 5) is 28.8. The molecule has 3 heterocycles. The number of nitrogens with zero attached hydrogens (tertiary/aromatic N) is 1. The largest absolute Gasteiger partial charge is 0.377 e. The van der Waals surface area contributed by atoms with Gasteiger partial charge < -0.3 is 19.9 Å². The molecular formula is C16H22ClN3O3. The number of carbonyl (C=O) groups is 1. The van der Waals surface area contributed by atoms with Crippen molar-refractivity contribution in [2.24, 2.45) is 0 Å². The van der Waals surface area contributed by atoms with E-state index in [1.807, 2.05) is 0 Å². The number of carbonyl (C=O) groups excluding carboxylic acids is 1. The van der Waals surface area contributed by atoms with Crippen molar-refractivity contribution in [1.82, 2.24) is 15.2 Å². The zero-order valence-electron chi connectivity index (χ0n) is 13.0. The van der Waals surface area contributed by atoms with Crippen molar-refractivity contribution in [3.8, 4) is 0 Å². The number of hydrogen-bond donors (Lipinski definition) is 2. The van der Waals surface area contributed by atoms with E-state index in [9.17, 15) is 9.59 Å². The highest BCUT2D eigenvalue weighted by Gasteiger charge is 2.25. The van der Waals surface area contributed by atoms with Gasteiger partial charge >= 0.3 is 0 Å². The maximum absolute atomic E-state index is 12.2. The third-order valence-electron chi connectivity index (χ3n) is 4.52. The van der Waals surface area contributed by atoms with E-state index < -0.39 is 5.56 Å². The van der Waals surface area contributed by atoms with Crippen LogP contribution in [0, 0.1) is 0 Å². The zero-order valence-corrected chi connectivity index (χ0v) is 13.8. The van der Waals surface area contributed by atoms with Crippen molar-refractivity contribution in [3.63, 3.8) is 0 Å². The van der Waals surface area contributed by atoms with Gasteiger partial charge in [-0.3, -0.25) is 9.59 Å². The molecule has 2 aliphatic heterocycles. The number of ether oxygens (including phenoxy) is 1. The molecule has 0 radical (unpaired) electrons. The molecule has 0 aliphatic carbocycles. The summed E-state index contributed by atoms with van der Waals surface area (Å²) in [5.41, 5.74) is -0.345. The second-order valence-electron chi connectivity index (χ2n) is 6.24. The summed E-state index contributed by atoms with van der Waals surface area (Å²) < 4.78 is 5.67. The molecule has 2 aliphatic rings. The Balaban J connectivity index is 1.49. The minimum absolute atomic E-state index is 0.0688. The fourth-order valence-corrected chi connectivity index (χ4v) is 3.39. The summed E-state index contributed by atoms with van der Waals surface area (Å²) in [5.74, 6) is -0.355. The van der Waals surface area contributed by atoms with Gasteiger partial charge in [-0.25, -0.2) is 0 Å². The fraction of sp³-hybridized carbons (Fsp3) is 0.625. The van der Waals surface area contributed by atoms with Gasteiger partial charge in [-0.05, 0) is 31.7 Å². The average Bonchev–Trinajstić information content (AvgIpc) is 3.04. The molecule has 1 atom stereocenters.